The maximum Gasteiger partial charge on any atom is 0.254 e. The van der Waals surface area contributed by atoms with E-state index in [2.05, 4.69) is 15.3 Å². The van der Waals surface area contributed by atoms with Crippen LogP contribution in [0.2, 0.25) is 0 Å². The summed E-state index contributed by atoms with van der Waals surface area (Å²) >= 11 is 0. The van der Waals surface area contributed by atoms with Crippen molar-refractivity contribution < 1.29 is 9.18 Å². The molecule has 0 radical (unpaired) electrons. The van der Waals surface area contributed by atoms with E-state index in [1.807, 2.05) is 42.6 Å². The molecule has 6 rings (SSSR count). The largest absolute Gasteiger partial charge is 0.384 e. The lowest BCUT2D eigenvalue weighted by atomic mass is 9.93. The van der Waals surface area contributed by atoms with Gasteiger partial charge < -0.3 is 10.6 Å². The number of nitrogens with two attached hydrogens (primary N) is 1. The Kier molecular flexibility index (Phi) is 4.98. The Morgan fingerprint density at radius 3 is 2.71 bits per heavy atom. The van der Waals surface area contributed by atoms with Gasteiger partial charge in [0.15, 0.2) is 0 Å². The van der Waals surface area contributed by atoms with Gasteiger partial charge in [0.1, 0.15) is 17.3 Å². The van der Waals surface area contributed by atoms with E-state index in [1.54, 1.807) is 32.5 Å². The van der Waals surface area contributed by atoms with Crippen molar-refractivity contribution in [3.8, 4) is 5.69 Å². The highest BCUT2D eigenvalue weighted by Crippen LogP contribution is 2.34. The van der Waals surface area contributed by atoms with E-state index in [1.165, 1.54) is 12.3 Å². The van der Waals surface area contributed by atoms with Crippen molar-refractivity contribution in [3.05, 3.63) is 95.8 Å². The number of aromatic nitrogens is 6. The first kappa shape index (κ1) is 21.0. The number of para-hydroxylation sites is 1. The van der Waals surface area contributed by atoms with Crippen LogP contribution in [0.3, 0.4) is 0 Å². The summed E-state index contributed by atoms with van der Waals surface area (Å²) in [6.07, 6.45) is 3.35. The molecule has 174 valence electrons. The van der Waals surface area contributed by atoms with Gasteiger partial charge >= 0.3 is 0 Å². The Hall–Kier alpha value is -4.60. The lowest BCUT2D eigenvalue weighted by Crippen LogP contribution is -2.48. The second-order valence-electron chi connectivity index (χ2n) is 8.54. The van der Waals surface area contributed by atoms with Gasteiger partial charge in [0.25, 0.3) is 5.91 Å². The molecule has 0 saturated carbocycles. The number of fused-ring (bicyclic) bond motifs is 1. The van der Waals surface area contributed by atoms with Crippen LogP contribution in [0.5, 0.6) is 0 Å². The third-order valence-electron chi connectivity index (χ3n) is 6.21. The summed E-state index contributed by atoms with van der Waals surface area (Å²) in [5, 5.41) is 13.7. The normalized spacial score (nSPS) is 13.8. The first-order valence-electron chi connectivity index (χ1n) is 11.2. The van der Waals surface area contributed by atoms with Gasteiger partial charge in [0, 0.05) is 30.8 Å². The summed E-state index contributed by atoms with van der Waals surface area (Å²) in [6.45, 7) is 1.25. The summed E-state index contributed by atoms with van der Waals surface area (Å²) in [5.41, 5.74) is 9.12. The number of hydrogen-bond acceptors (Lipinski definition) is 6. The minimum absolute atomic E-state index is 0.0706. The van der Waals surface area contributed by atoms with Gasteiger partial charge in [-0.1, -0.05) is 29.5 Å². The molecule has 5 aromatic rings. The first-order chi connectivity index (χ1) is 17.1. The van der Waals surface area contributed by atoms with E-state index in [-0.39, 0.29) is 17.6 Å². The van der Waals surface area contributed by atoms with Crippen molar-refractivity contribution in [2.45, 2.75) is 12.5 Å². The second kappa shape index (κ2) is 8.32. The summed E-state index contributed by atoms with van der Waals surface area (Å²) in [5.74, 6) is -0.233. The molecule has 4 heterocycles. The molecule has 1 aliphatic rings. The molecule has 9 nitrogen and oxygen atoms in total. The predicted molar refractivity (Wildman–Crippen MR) is 127 cm³/mol. The van der Waals surface area contributed by atoms with E-state index in [0.717, 1.165) is 5.69 Å². The number of likely N-dealkylation sites (tertiary alicyclic amines) is 1. The number of halogens is 1. The molecular weight excluding hydrogens is 447 g/mol. The predicted octanol–water partition coefficient (Wildman–Crippen LogP) is 3.02. The van der Waals surface area contributed by atoms with Crippen LogP contribution in [0, 0.1) is 5.82 Å². The van der Waals surface area contributed by atoms with Crippen LogP contribution >= 0.6 is 0 Å². The van der Waals surface area contributed by atoms with Crippen LogP contribution in [0.25, 0.3) is 16.6 Å². The number of carbonyl (C=O) groups is 1. The molecule has 3 aromatic heterocycles. The van der Waals surface area contributed by atoms with Gasteiger partial charge in [0.05, 0.1) is 35.0 Å². The number of carbonyl (C=O) groups excluding carboxylic acids is 1. The molecule has 0 spiro atoms. The van der Waals surface area contributed by atoms with Gasteiger partial charge in [-0.3, -0.25) is 9.48 Å². The lowest BCUT2D eigenvalue weighted by molar-refractivity contribution is 0.0599. The minimum atomic E-state index is -0.330. The number of hydrogen-bond donors (Lipinski definition) is 1. The number of anilines is 1. The third kappa shape index (κ3) is 3.78. The third-order valence-corrected chi connectivity index (χ3v) is 6.21. The smallest absolute Gasteiger partial charge is 0.254 e. The maximum absolute atomic E-state index is 14.9. The monoisotopic (exact) mass is 468 g/mol. The molecule has 0 atom stereocenters. The average Bonchev–Trinajstić information content (AvgIpc) is 3.45. The average molecular weight is 468 g/mol. The fourth-order valence-electron chi connectivity index (χ4n) is 4.43. The van der Waals surface area contributed by atoms with Gasteiger partial charge in [-0.2, -0.15) is 5.10 Å². The molecule has 1 amide bonds. The zero-order chi connectivity index (χ0) is 23.9. The molecule has 2 aromatic carbocycles. The number of rotatable bonds is 5. The topological polar surface area (TPSA) is 108 Å². The van der Waals surface area contributed by atoms with Crippen LogP contribution in [-0.4, -0.2) is 53.7 Å². The zero-order valence-electron chi connectivity index (χ0n) is 18.6. The summed E-state index contributed by atoms with van der Waals surface area (Å²) in [6, 6.07) is 17.8. The van der Waals surface area contributed by atoms with Crippen molar-refractivity contribution in [2.24, 2.45) is 0 Å². The summed E-state index contributed by atoms with van der Waals surface area (Å²) in [4.78, 5) is 18.4. The first-order valence-corrected chi connectivity index (χ1v) is 11.2. The number of amides is 1. The Bertz CT molecular complexity index is 1540. The molecule has 1 saturated heterocycles. The number of nitrogens with zero attached hydrogens (tertiary/aromatic N) is 7. The molecule has 1 aliphatic heterocycles. The van der Waals surface area contributed by atoms with Crippen LogP contribution in [-0.2, 0) is 6.54 Å². The summed E-state index contributed by atoms with van der Waals surface area (Å²) < 4.78 is 18.4. The minimum Gasteiger partial charge on any atom is -0.384 e. The quantitative estimate of drug-likeness (QED) is 0.425. The van der Waals surface area contributed by atoms with Crippen molar-refractivity contribution in [1.29, 1.82) is 0 Å². The molecule has 2 N–H and O–H groups in total. The van der Waals surface area contributed by atoms with E-state index >= 15 is 0 Å². The number of pyridine rings is 1. The zero-order valence-corrected chi connectivity index (χ0v) is 18.6. The molecule has 0 unspecified atom stereocenters. The summed E-state index contributed by atoms with van der Waals surface area (Å²) in [7, 11) is 0. The Balaban J connectivity index is 1.26. The van der Waals surface area contributed by atoms with Crippen molar-refractivity contribution in [2.75, 3.05) is 18.8 Å². The molecule has 0 bridgehead atoms. The fraction of sp³-hybridized carbons (Fsp3) is 0.160. The highest BCUT2D eigenvalue weighted by atomic mass is 19.1. The lowest BCUT2D eigenvalue weighted by Gasteiger charge is -2.38. The van der Waals surface area contributed by atoms with Gasteiger partial charge in [-0.05, 0) is 36.4 Å². The van der Waals surface area contributed by atoms with Crippen molar-refractivity contribution in [1.82, 2.24) is 34.7 Å². The molecule has 10 heteroatoms. The van der Waals surface area contributed by atoms with E-state index in [9.17, 15) is 9.18 Å². The highest BCUT2D eigenvalue weighted by molar-refractivity contribution is 5.95. The second-order valence-corrected chi connectivity index (χ2v) is 8.54. The molecular formula is C25H21FN8O. The van der Waals surface area contributed by atoms with Crippen LogP contribution in [0.4, 0.5) is 10.2 Å². The van der Waals surface area contributed by atoms with Gasteiger partial charge in [0.2, 0.25) is 0 Å². The van der Waals surface area contributed by atoms with Crippen LogP contribution in [0.1, 0.15) is 27.7 Å². The standard InChI is InChI=1S/C25H21FN8O/c26-20-7-4-8-21-23(20)24(17-12-32(13-17)25(35)16-9-10-28-22(27)11-16)30-34(21)15-18-14-33(31-29-18)19-5-2-1-3-6-19/h1-11,14,17H,12-13,15H2,(H2,27,28). The van der Waals surface area contributed by atoms with Gasteiger partial charge in [-0.25, -0.2) is 14.1 Å². The Labute approximate surface area is 199 Å². The van der Waals surface area contributed by atoms with Gasteiger partial charge in [-0.15, -0.1) is 5.10 Å². The Morgan fingerprint density at radius 1 is 1.09 bits per heavy atom. The highest BCUT2D eigenvalue weighted by Gasteiger charge is 2.36. The van der Waals surface area contributed by atoms with Crippen molar-refractivity contribution >= 4 is 22.6 Å². The molecule has 1 fully saturated rings. The number of benzene rings is 2. The van der Waals surface area contributed by atoms with E-state index in [0.29, 0.717) is 53.3 Å². The fourth-order valence-corrected chi connectivity index (χ4v) is 4.43. The number of nitrogen functional groups attached to an aromatic ring is 1. The SMILES string of the molecule is Nc1cc(C(=O)N2CC(c3nn(Cc4cn(-c5ccccc5)nn4)c4cccc(F)c34)C2)ccn1. The van der Waals surface area contributed by atoms with E-state index < -0.39 is 0 Å². The van der Waals surface area contributed by atoms with E-state index in [4.69, 9.17) is 10.8 Å². The van der Waals surface area contributed by atoms with Crippen LogP contribution in [0.15, 0.2) is 73.1 Å². The molecule has 35 heavy (non-hydrogen) atoms. The maximum atomic E-state index is 14.9. The molecule has 0 aliphatic carbocycles. The van der Waals surface area contributed by atoms with Crippen molar-refractivity contribution in [3.63, 3.8) is 0 Å². The van der Waals surface area contributed by atoms with Crippen LogP contribution < -0.4 is 5.73 Å². The Morgan fingerprint density at radius 2 is 1.91 bits per heavy atom.